The molecule has 0 unspecified atom stereocenters. The maximum absolute atomic E-state index is 14.3. The zero-order valence-corrected chi connectivity index (χ0v) is 33.3. The van der Waals surface area contributed by atoms with Gasteiger partial charge in [-0.15, -0.1) is 0 Å². The monoisotopic (exact) mass is 824 g/mol. The molecule has 1 atom stereocenters. The molecule has 1 aliphatic rings. The lowest BCUT2D eigenvalue weighted by atomic mass is 9.81. The topological polar surface area (TPSA) is 185 Å². The van der Waals surface area contributed by atoms with Crippen molar-refractivity contribution >= 4 is 29.6 Å². The number of H-pyrrole nitrogens is 1. The number of nitrogens with one attached hydrogen (secondary N) is 4. The number of carboxylic acid groups (broad SMARTS) is 1. The number of carbonyl (C=O) groups excluding carboxylic acids is 3. The number of amides is 3. The molecule has 3 aromatic carbocycles. The molecule has 5 rings (SSSR count). The number of carbonyl (C=O) groups is 4. The molecule has 1 fully saturated rings. The number of hydrogen-bond acceptors (Lipinski definition) is 8. The Morgan fingerprint density at radius 1 is 0.881 bits per heavy atom. The van der Waals surface area contributed by atoms with Crippen molar-refractivity contribution in [2.24, 2.45) is 11.8 Å². The molecule has 3 amide bonds. The second-order valence-corrected chi connectivity index (χ2v) is 15.8. The normalized spacial score (nSPS) is 16.5. The van der Waals surface area contributed by atoms with Gasteiger partial charge in [-0.2, -0.15) is 22.7 Å². The average molecular weight is 825 g/mol. The summed E-state index contributed by atoms with van der Waals surface area (Å²) in [5.41, 5.74) is 2.28. The number of alkyl halides is 4. The maximum atomic E-state index is 14.3. The van der Waals surface area contributed by atoms with Crippen molar-refractivity contribution < 1.29 is 51.3 Å². The van der Waals surface area contributed by atoms with Gasteiger partial charge < -0.3 is 30.5 Å². The summed E-state index contributed by atoms with van der Waals surface area (Å²) in [6.07, 6.45) is 2.07. The van der Waals surface area contributed by atoms with Gasteiger partial charge in [-0.3, -0.25) is 14.7 Å². The lowest BCUT2D eigenvalue weighted by Gasteiger charge is -2.29. The fourth-order valence-corrected chi connectivity index (χ4v) is 6.53. The van der Waals surface area contributed by atoms with Crippen LogP contribution in [0.1, 0.15) is 71.7 Å². The van der Waals surface area contributed by atoms with E-state index in [1.54, 1.807) is 25.9 Å². The minimum absolute atomic E-state index is 0.0346. The zero-order valence-electron chi connectivity index (χ0n) is 33.3. The van der Waals surface area contributed by atoms with Crippen LogP contribution >= 0.6 is 0 Å². The molecule has 0 radical (unpaired) electrons. The Hall–Kier alpha value is -6.00. The molecule has 1 heterocycles. The van der Waals surface area contributed by atoms with Crippen molar-refractivity contribution in [2.45, 2.75) is 96.3 Å². The average Bonchev–Trinajstić information content (AvgIpc) is 3.68. The Morgan fingerprint density at radius 2 is 1.51 bits per heavy atom. The molecule has 1 aromatic heterocycles. The van der Waals surface area contributed by atoms with Crippen LogP contribution in [0.4, 0.5) is 28.0 Å². The second-order valence-electron chi connectivity index (χ2n) is 15.8. The van der Waals surface area contributed by atoms with E-state index in [1.165, 1.54) is 24.3 Å². The fourth-order valence-electron chi connectivity index (χ4n) is 6.53. The Labute approximate surface area is 338 Å². The SMILES string of the molecule is CC(C)Oc1ccccc1-c1ccc(C[C@H](NC(=O)C2CCC(CNC(=O)OC(C)(C)C)CC2)C(=O)Nc2ccc(-c3n[nH]c(C(F)(F)C(F)(F)C(=O)O)n3)cc2)cc1. The van der Waals surface area contributed by atoms with Gasteiger partial charge in [0.2, 0.25) is 17.6 Å². The Bertz CT molecular complexity index is 2090. The van der Waals surface area contributed by atoms with Crippen LogP contribution in [0.3, 0.4) is 0 Å². The third-order valence-corrected chi connectivity index (χ3v) is 9.60. The van der Waals surface area contributed by atoms with Crippen LogP contribution in [0, 0.1) is 11.8 Å². The number of aromatic nitrogens is 3. The van der Waals surface area contributed by atoms with E-state index in [4.69, 9.17) is 14.6 Å². The molecule has 59 heavy (non-hydrogen) atoms. The minimum atomic E-state index is -5.44. The fraction of sp³-hybridized carbons (Fsp3) is 0.429. The minimum Gasteiger partial charge on any atom is -0.490 e. The van der Waals surface area contributed by atoms with E-state index in [1.807, 2.05) is 62.4 Å². The van der Waals surface area contributed by atoms with Gasteiger partial charge in [0.25, 0.3) is 0 Å². The van der Waals surface area contributed by atoms with Crippen LogP contribution in [0.2, 0.25) is 0 Å². The quantitative estimate of drug-likeness (QED) is 0.0749. The molecule has 316 valence electrons. The van der Waals surface area contributed by atoms with Gasteiger partial charge in [-0.25, -0.2) is 14.6 Å². The smallest absolute Gasteiger partial charge is 0.411 e. The zero-order chi connectivity index (χ0) is 43.1. The highest BCUT2D eigenvalue weighted by molar-refractivity contribution is 5.97. The third kappa shape index (κ3) is 11.4. The summed E-state index contributed by atoms with van der Waals surface area (Å²) in [6.45, 7) is 9.65. The molecule has 1 aliphatic carbocycles. The highest BCUT2D eigenvalue weighted by Gasteiger charge is 2.65. The number of aromatic amines is 1. The molecule has 17 heteroatoms. The number of para-hydroxylation sites is 1. The molecule has 4 aromatic rings. The summed E-state index contributed by atoms with van der Waals surface area (Å²) in [4.78, 5) is 53.8. The van der Waals surface area contributed by atoms with Gasteiger partial charge in [-0.1, -0.05) is 42.5 Å². The molecular weight excluding hydrogens is 776 g/mol. The predicted octanol–water partition coefficient (Wildman–Crippen LogP) is 7.73. The van der Waals surface area contributed by atoms with Crippen molar-refractivity contribution in [1.82, 2.24) is 25.8 Å². The number of alkyl carbamates (subject to hydrolysis) is 1. The number of anilines is 1. The van der Waals surface area contributed by atoms with Crippen LogP contribution in [0.5, 0.6) is 5.75 Å². The molecule has 5 N–H and O–H groups in total. The lowest BCUT2D eigenvalue weighted by molar-refractivity contribution is -0.231. The van der Waals surface area contributed by atoms with E-state index in [2.05, 4.69) is 26.0 Å². The summed E-state index contributed by atoms with van der Waals surface area (Å²) in [5, 5.41) is 22.3. The van der Waals surface area contributed by atoms with E-state index < -0.39 is 53.1 Å². The van der Waals surface area contributed by atoms with Gasteiger partial charge in [0.1, 0.15) is 17.4 Å². The maximum Gasteiger partial charge on any atom is 0.411 e. The molecule has 1 saturated carbocycles. The molecule has 0 bridgehead atoms. The first-order chi connectivity index (χ1) is 27.7. The highest BCUT2D eigenvalue weighted by Crippen LogP contribution is 2.42. The van der Waals surface area contributed by atoms with Gasteiger partial charge in [-0.05, 0) is 108 Å². The van der Waals surface area contributed by atoms with E-state index in [0.29, 0.717) is 32.2 Å². The van der Waals surface area contributed by atoms with Crippen molar-refractivity contribution in [2.75, 3.05) is 11.9 Å². The van der Waals surface area contributed by atoms with Crippen molar-refractivity contribution in [3.05, 3.63) is 84.2 Å². The molecular formula is C42H48F4N6O7. The first kappa shape index (κ1) is 44.1. The van der Waals surface area contributed by atoms with Gasteiger partial charge in [0.15, 0.2) is 5.82 Å². The molecule has 0 spiro atoms. The van der Waals surface area contributed by atoms with E-state index >= 15 is 0 Å². The first-order valence-electron chi connectivity index (χ1n) is 19.2. The Morgan fingerprint density at radius 3 is 2.12 bits per heavy atom. The number of carboxylic acids is 1. The molecule has 13 nitrogen and oxygen atoms in total. The van der Waals surface area contributed by atoms with E-state index in [0.717, 1.165) is 22.4 Å². The van der Waals surface area contributed by atoms with Crippen LogP contribution < -0.4 is 20.7 Å². The van der Waals surface area contributed by atoms with Gasteiger partial charge in [0, 0.05) is 35.7 Å². The van der Waals surface area contributed by atoms with Crippen LogP contribution in [-0.4, -0.2) is 74.4 Å². The molecule has 0 saturated heterocycles. The standard InChI is InChI=1S/C42H48F4N6O7/c1-24(2)58-33-9-7-6-8-31(33)27-14-10-25(11-15-27)22-32(49-35(53)29-16-12-26(13-17-29)23-47-39(57)59-40(3,4)5)36(54)48-30-20-18-28(19-21-30)34-50-37(52-51-34)41(43,44)42(45,46)38(55)56/h6-11,14-15,18-21,24,26,29,32H,12-13,16-17,22-23H2,1-5H3,(H,47,57)(H,48,54)(H,49,53)(H,55,56)(H,50,51,52)/t26?,29?,32-/m0/s1. The number of hydrogen-bond donors (Lipinski definition) is 5. The second kappa shape index (κ2) is 18.3. The summed E-state index contributed by atoms with van der Waals surface area (Å²) in [5.74, 6) is -16.0. The van der Waals surface area contributed by atoms with Crippen LogP contribution in [0.25, 0.3) is 22.5 Å². The van der Waals surface area contributed by atoms with Gasteiger partial charge in [0.05, 0.1) is 6.10 Å². The summed E-state index contributed by atoms with van der Waals surface area (Å²) in [7, 11) is 0. The largest absolute Gasteiger partial charge is 0.490 e. The number of benzene rings is 3. The van der Waals surface area contributed by atoms with Crippen LogP contribution in [0.15, 0.2) is 72.8 Å². The number of ether oxygens (including phenoxy) is 2. The van der Waals surface area contributed by atoms with E-state index in [9.17, 15) is 36.7 Å². The van der Waals surface area contributed by atoms with E-state index in [-0.39, 0.29) is 41.5 Å². The van der Waals surface area contributed by atoms with Crippen molar-refractivity contribution in [3.63, 3.8) is 0 Å². The van der Waals surface area contributed by atoms with Crippen LogP contribution in [-0.2, 0) is 31.5 Å². The molecule has 0 aliphatic heterocycles. The predicted molar refractivity (Wildman–Crippen MR) is 210 cm³/mol. The summed E-state index contributed by atoms with van der Waals surface area (Å²) >= 11 is 0. The number of halogens is 4. The third-order valence-electron chi connectivity index (χ3n) is 9.60. The first-order valence-corrected chi connectivity index (χ1v) is 19.2. The Balaban J connectivity index is 1.29. The van der Waals surface area contributed by atoms with Crippen molar-refractivity contribution in [1.29, 1.82) is 0 Å². The Kier molecular flexibility index (Phi) is 13.7. The highest BCUT2D eigenvalue weighted by atomic mass is 19.3. The number of rotatable bonds is 15. The van der Waals surface area contributed by atoms with Crippen molar-refractivity contribution in [3.8, 4) is 28.3 Å². The summed E-state index contributed by atoms with van der Waals surface area (Å²) in [6, 6.07) is 19.7. The summed E-state index contributed by atoms with van der Waals surface area (Å²) < 4.78 is 67.3. The van der Waals surface area contributed by atoms with Gasteiger partial charge >= 0.3 is 23.9 Å². The number of nitrogens with zero attached hydrogens (tertiary/aromatic N) is 2. The number of aliphatic carboxylic acids is 1. The lowest BCUT2D eigenvalue weighted by Crippen LogP contribution is -2.48.